The molecular weight excluding hydrogens is 292 g/mol. The van der Waals surface area contributed by atoms with Crippen LogP contribution < -0.4 is 10.6 Å². The number of nitrogens with one attached hydrogen (secondary N) is 4. The van der Waals surface area contributed by atoms with Crippen LogP contribution in [0.25, 0.3) is 11.0 Å². The Morgan fingerprint density at radius 1 is 1.30 bits per heavy atom. The molecular formula is C16H18N6O. The molecule has 0 radical (unpaired) electrons. The first kappa shape index (κ1) is 14.0. The highest BCUT2D eigenvalue weighted by Gasteiger charge is 2.21. The monoisotopic (exact) mass is 310 g/mol. The molecule has 3 heterocycles. The van der Waals surface area contributed by atoms with Crippen LogP contribution in [0.5, 0.6) is 0 Å². The molecule has 1 aromatic carbocycles. The van der Waals surface area contributed by atoms with Gasteiger partial charge in [0.1, 0.15) is 5.82 Å². The Morgan fingerprint density at radius 2 is 2.22 bits per heavy atom. The molecule has 4 N–H and O–H groups in total. The molecule has 118 valence electrons. The van der Waals surface area contributed by atoms with Crippen molar-refractivity contribution in [2.24, 2.45) is 0 Å². The molecule has 2 aromatic heterocycles. The molecule has 7 nitrogen and oxygen atoms in total. The van der Waals surface area contributed by atoms with Crippen LogP contribution in [-0.2, 0) is 19.4 Å². The van der Waals surface area contributed by atoms with Gasteiger partial charge in [0, 0.05) is 43.7 Å². The van der Waals surface area contributed by atoms with Crippen molar-refractivity contribution in [3.63, 3.8) is 0 Å². The maximum Gasteiger partial charge on any atom is 0.272 e. The Morgan fingerprint density at radius 3 is 3.13 bits per heavy atom. The van der Waals surface area contributed by atoms with Gasteiger partial charge in [-0.2, -0.15) is 5.10 Å². The SMILES string of the molecule is O=C(NCCc1nc2ccccc2[nH]1)c1n[nH]c2c1CNCC2. The Bertz CT molecular complexity index is 816. The van der Waals surface area contributed by atoms with E-state index in [4.69, 9.17) is 0 Å². The summed E-state index contributed by atoms with van der Waals surface area (Å²) in [5, 5.41) is 13.3. The van der Waals surface area contributed by atoms with Crippen molar-refractivity contribution in [2.75, 3.05) is 13.1 Å². The van der Waals surface area contributed by atoms with Gasteiger partial charge in [0.15, 0.2) is 5.69 Å². The van der Waals surface area contributed by atoms with Crippen molar-refractivity contribution >= 4 is 16.9 Å². The Hall–Kier alpha value is -2.67. The summed E-state index contributed by atoms with van der Waals surface area (Å²) in [5.74, 6) is 0.736. The fraction of sp³-hybridized carbons (Fsp3) is 0.312. The second-order valence-corrected chi connectivity index (χ2v) is 5.66. The number of fused-ring (bicyclic) bond motifs is 2. The summed E-state index contributed by atoms with van der Waals surface area (Å²) in [6.45, 7) is 2.13. The molecule has 0 bridgehead atoms. The van der Waals surface area contributed by atoms with E-state index < -0.39 is 0 Å². The number of benzene rings is 1. The fourth-order valence-electron chi connectivity index (χ4n) is 2.92. The number of aromatic amines is 2. The van der Waals surface area contributed by atoms with E-state index in [1.807, 2.05) is 24.3 Å². The van der Waals surface area contributed by atoms with Gasteiger partial charge in [-0.1, -0.05) is 12.1 Å². The summed E-state index contributed by atoms with van der Waals surface area (Å²) in [7, 11) is 0. The number of aromatic nitrogens is 4. The van der Waals surface area contributed by atoms with Crippen LogP contribution in [0.3, 0.4) is 0 Å². The van der Waals surface area contributed by atoms with Crippen LogP contribution in [0, 0.1) is 0 Å². The lowest BCUT2D eigenvalue weighted by Crippen LogP contribution is -2.29. The maximum absolute atomic E-state index is 12.3. The number of carbonyl (C=O) groups is 1. The molecule has 0 unspecified atom stereocenters. The van der Waals surface area contributed by atoms with E-state index in [-0.39, 0.29) is 5.91 Å². The molecule has 3 aromatic rings. The number of carbonyl (C=O) groups excluding carboxylic acids is 1. The van der Waals surface area contributed by atoms with Gasteiger partial charge < -0.3 is 15.6 Å². The first-order valence-electron chi connectivity index (χ1n) is 7.80. The molecule has 1 aliphatic rings. The normalized spacial score (nSPS) is 13.9. The van der Waals surface area contributed by atoms with Gasteiger partial charge in [-0.15, -0.1) is 0 Å². The predicted octanol–water partition coefficient (Wildman–Crippen LogP) is 0.904. The van der Waals surface area contributed by atoms with Crippen molar-refractivity contribution in [3.8, 4) is 0 Å². The minimum Gasteiger partial charge on any atom is -0.350 e. The molecule has 0 saturated carbocycles. The van der Waals surface area contributed by atoms with Crippen LogP contribution in [0.4, 0.5) is 0 Å². The second-order valence-electron chi connectivity index (χ2n) is 5.66. The topological polar surface area (TPSA) is 98.5 Å². The van der Waals surface area contributed by atoms with Crippen LogP contribution >= 0.6 is 0 Å². The lowest BCUT2D eigenvalue weighted by atomic mass is 10.1. The zero-order chi connectivity index (χ0) is 15.6. The van der Waals surface area contributed by atoms with E-state index in [2.05, 4.69) is 30.8 Å². The Balaban J connectivity index is 1.39. The van der Waals surface area contributed by atoms with Crippen LogP contribution in [0.15, 0.2) is 24.3 Å². The van der Waals surface area contributed by atoms with Gasteiger partial charge in [0.25, 0.3) is 5.91 Å². The maximum atomic E-state index is 12.3. The number of rotatable bonds is 4. The van der Waals surface area contributed by atoms with E-state index in [1.54, 1.807) is 0 Å². The van der Waals surface area contributed by atoms with Gasteiger partial charge >= 0.3 is 0 Å². The number of amides is 1. The number of imidazole rings is 1. The summed E-state index contributed by atoms with van der Waals surface area (Å²) in [4.78, 5) is 20.1. The lowest BCUT2D eigenvalue weighted by Gasteiger charge is -2.12. The van der Waals surface area contributed by atoms with E-state index in [9.17, 15) is 4.79 Å². The third-order valence-corrected chi connectivity index (χ3v) is 4.11. The van der Waals surface area contributed by atoms with E-state index in [0.29, 0.717) is 25.2 Å². The van der Waals surface area contributed by atoms with E-state index in [1.165, 1.54) is 0 Å². The number of hydrogen-bond donors (Lipinski definition) is 4. The minimum absolute atomic E-state index is 0.137. The second kappa shape index (κ2) is 5.85. The van der Waals surface area contributed by atoms with E-state index in [0.717, 1.165) is 41.1 Å². The van der Waals surface area contributed by atoms with Crippen molar-refractivity contribution in [3.05, 3.63) is 47.0 Å². The number of nitrogens with zero attached hydrogens (tertiary/aromatic N) is 2. The van der Waals surface area contributed by atoms with E-state index >= 15 is 0 Å². The predicted molar refractivity (Wildman–Crippen MR) is 86.1 cm³/mol. The highest BCUT2D eigenvalue weighted by atomic mass is 16.1. The molecule has 1 amide bonds. The van der Waals surface area contributed by atoms with Crippen molar-refractivity contribution < 1.29 is 4.79 Å². The lowest BCUT2D eigenvalue weighted by molar-refractivity contribution is 0.0948. The fourth-order valence-corrected chi connectivity index (χ4v) is 2.92. The summed E-state index contributed by atoms with van der Waals surface area (Å²) < 4.78 is 0. The third-order valence-electron chi connectivity index (χ3n) is 4.11. The average Bonchev–Trinajstić information content (AvgIpc) is 3.18. The van der Waals surface area contributed by atoms with Gasteiger partial charge in [-0.25, -0.2) is 4.98 Å². The standard InChI is InChI=1S/C16H18N6O/c23-16(15-10-9-17-7-5-11(10)21-22-15)18-8-6-14-19-12-3-1-2-4-13(12)20-14/h1-4,17H,5-9H2,(H,18,23)(H,19,20)(H,21,22). The molecule has 0 aliphatic carbocycles. The summed E-state index contributed by atoms with van der Waals surface area (Å²) >= 11 is 0. The van der Waals surface area contributed by atoms with Crippen LogP contribution in [-0.4, -0.2) is 39.2 Å². The molecule has 0 atom stereocenters. The third kappa shape index (κ3) is 2.70. The summed E-state index contributed by atoms with van der Waals surface area (Å²) in [6.07, 6.45) is 1.54. The first-order valence-corrected chi connectivity index (χ1v) is 7.80. The van der Waals surface area contributed by atoms with Gasteiger partial charge in [-0.3, -0.25) is 9.89 Å². The smallest absolute Gasteiger partial charge is 0.272 e. The quantitative estimate of drug-likeness (QED) is 0.575. The summed E-state index contributed by atoms with van der Waals surface area (Å²) in [5.41, 5.74) is 4.50. The highest BCUT2D eigenvalue weighted by Crippen LogP contribution is 2.15. The van der Waals surface area contributed by atoms with Crippen LogP contribution in [0.1, 0.15) is 27.6 Å². The molecule has 0 saturated heterocycles. The van der Waals surface area contributed by atoms with Crippen LogP contribution in [0.2, 0.25) is 0 Å². The Labute approximate surface area is 132 Å². The van der Waals surface area contributed by atoms with Gasteiger partial charge in [-0.05, 0) is 12.1 Å². The molecule has 7 heteroatoms. The van der Waals surface area contributed by atoms with Crippen molar-refractivity contribution in [1.29, 1.82) is 0 Å². The molecule has 4 rings (SSSR count). The average molecular weight is 310 g/mol. The van der Waals surface area contributed by atoms with Crippen molar-refractivity contribution in [1.82, 2.24) is 30.8 Å². The van der Waals surface area contributed by atoms with Gasteiger partial charge in [0.2, 0.25) is 0 Å². The number of H-pyrrole nitrogens is 2. The zero-order valence-corrected chi connectivity index (χ0v) is 12.6. The zero-order valence-electron chi connectivity index (χ0n) is 12.6. The minimum atomic E-state index is -0.137. The highest BCUT2D eigenvalue weighted by molar-refractivity contribution is 5.94. The molecule has 0 fully saturated rings. The molecule has 23 heavy (non-hydrogen) atoms. The number of para-hydroxylation sites is 2. The molecule has 1 aliphatic heterocycles. The largest absolute Gasteiger partial charge is 0.350 e. The molecule has 0 spiro atoms. The Kier molecular flexibility index (Phi) is 3.55. The first-order chi connectivity index (χ1) is 11.3. The summed E-state index contributed by atoms with van der Waals surface area (Å²) in [6, 6.07) is 7.90. The van der Waals surface area contributed by atoms with Crippen molar-refractivity contribution in [2.45, 2.75) is 19.4 Å². The van der Waals surface area contributed by atoms with Gasteiger partial charge in [0.05, 0.1) is 11.0 Å². The number of hydrogen-bond acceptors (Lipinski definition) is 4.